The molecule has 0 amide bonds. The fourth-order valence-electron chi connectivity index (χ4n) is 2.65. The molecule has 4 nitrogen and oxygen atoms in total. The Labute approximate surface area is 134 Å². The van der Waals surface area contributed by atoms with E-state index in [0.717, 1.165) is 28.0 Å². The summed E-state index contributed by atoms with van der Waals surface area (Å²) < 4.78 is 7.19. The van der Waals surface area contributed by atoms with Crippen molar-refractivity contribution in [3.8, 4) is 28.3 Å². The van der Waals surface area contributed by atoms with E-state index in [-0.39, 0.29) is 0 Å². The number of pyridine rings is 2. The highest BCUT2D eigenvalue weighted by atomic mass is 16.5. The van der Waals surface area contributed by atoms with Crippen LogP contribution in [0.4, 0.5) is 0 Å². The second-order valence-corrected chi connectivity index (χ2v) is 5.24. The first-order valence-corrected chi connectivity index (χ1v) is 7.38. The summed E-state index contributed by atoms with van der Waals surface area (Å²) in [5.74, 6) is 0.613. The van der Waals surface area contributed by atoms with E-state index >= 15 is 0 Å². The first kappa shape index (κ1) is 13.5. The Hall–Kier alpha value is -3.14. The SMILES string of the molecule is COc1ccc(-c2ccn3c(-c4ccccc4)cnc3c2)cn1. The van der Waals surface area contributed by atoms with Crippen molar-refractivity contribution in [2.75, 3.05) is 7.11 Å². The summed E-state index contributed by atoms with van der Waals surface area (Å²) in [6.07, 6.45) is 5.76. The predicted octanol–water partition coefficient (Wildman–Crippen LogP) is 4.07. The summed E-state index contributed by atoms with van der Waals surface area (Å²) >= 11 is 0. The highest BCUT2D eigenvalue weighted by molar-refractivity contribution is 5.70. The maximum atomic E-state index is 5.10. The van der Waals surface area contributed by atoms with Crippen molar-refractivity contribution < 1.29 is 4.74 Å². The quantitative estimate of drug-likeness (QED) is 0.572. The molecule has 0 aliphatic carbocycles. The molecule has 1 aromatic carbocycles. The summed E-state index contributed by atoms with van der Waals surface area (Å²) in [6, 6.07) is 18.3. The number of methoxy groups -OCH3 is 1. The summed E-state index contributed by atoms with van der Waals surface area (Å²) in [7, 11) is 1.61. The van der Waals surface area contributed by atoms with Crippen LogP contribution in [0.2, 0.25) is 0 Å². The van der Waals surface area contributed by atoms with Gasteiger partial charge in [-0.2, -0.15) is 0 Å². The van der Waals surface area contributed by atoms with Crippen molar-refractivity contribution in [3.63, 3.8) is 0 Å². The molecule has 0 saturated heterocycles. The number of rotatable bonds is 3. The molecule has 0 bridgehead atoms. The lowest BCUT2D eigenvalue weighted by atomic mass is 10.1. The zero-order chi connectivity index (χ0) is 15.6. The third-order valence-electron chi connectivity index (χ3n) is 3.86. The van der Waals surface area contributed by atoms with Gasteiger partial charge in [0.05, 0.1) is 19.0 Å². The van der Waals surface area contributed by atoms with Crippen LogP contribution in [0.25, 0.3) is 28.0 Å². The molecule has 0 aliphatic heterocycles. The molecule has 0 aliphatic rings. The van der Waals surface area contributed by atoms with Gasteiger partial charge in [0.25, 0.3) is 0 Å². The van der Waals surface area contributed by atoms with Gasteiger partial charge in [-0.25, -0.2) is 9.97 Å². The second-order valence-electron chi connectivity index (χ2n) is 5.24. The molecular weight excluding hydrogens is 286 g/mol. The topological polar surface area (TPSA) is 39.4 Å². The van der Waals surface area contributed by atoms with Crippen LogP contribution in [0.15, 0.2) is 73.2 Å². The zero-order valence-corrected chi connectivity index (χ0v) is 12.7. The monoisotopic (exact) mass is 301 g/mol. The van der Waals surface area contributed by atoms with Crippen LogP contribution in [-0.4, -0.2) is 21.5 Å². The molecule has 0 unspecified atom stereocenters. The van der Waals surface area contributed by atoms with Gasteiger partial charge in [0.15, 0.2) is 0 Å². The number of hydrogen-bond donors (Lipinski definition) is 0. The molecule has 4 aromatic rings. The largest absolute Gasteiger partial charge is 0.481 e. The van der Waals surface area contributed by atoms with Crippen LogP contribution in [0.1, 0.15) is 0 Å². The first-order valence-electron chi connectivity index (χ1n) is 7.38. The van der Waals surface area contributed by atoms with Crippen LogP contribution in [0, 0.1) is 0 Å². The Bertz CT molecular complexity index is 943. The molecular formula is C19H15N3O. The van der Waals surface area contributed by atoms with E-state index in [2.05, 4.69) is 38.6 Å². The molecule has 0 atom stereocenters. The highest BCUT2D eigenvalue weighted by Crippen LogP contribution is 2.25. The molecule has 4 heteroatoms. The average Bonchev–Trinajstić information content (AvgIpc) is 3.06. The Morgan fingerprint density at radius 2 is 1.70 bits per heavy atom. The average molecular weight is 301 g/mol. The normalized spacial score (nSPS) is 10.8. The Morgan fingerprint density at radius 3 is 2.43 bits per heavy atom. The molecule has 0 saturated carbocycles. The molecule has 0 radical (unpaired) electrons. The van der Waals surface area contributed by atoms with Gasteiger partial charge in [-0.15, -0.1) is 0 Å². The molecule has 4 rings (SSSR count). The summed E-state index contributed by atoms with van der Waals surface area (Å²) in [5, 5.41) is 0. The Kier molecular flexibility index (Phi) is 3.27. The van der Waals surface area contributed by atoms with Gasteiger partial charge in [0, 0.05) is 29.6 Å². The first-order chi connectivity index (χ1) is 11.3. The van der Waals surface area contributed by atoms with Crippen LogP contribution in [-0.2, 0) is 0 Å². The van der Waals surface area contributed by atoms with E-state index in [4.69, 9.17) is 4.74 Å². The standard InChI is InChI=1S/C19H15N3O/c1-23-19-8-7-16(12-21-19)15-9-10-22-17(13-20-18(22)11-15)14-5-3-2-4-6-14/h2-13H,1H3. The van der Waals surface area contributed by atoms with E-state index < -0.39 is 0 Å². The number of fused-ring (bicyclic) bond motifs is 1. The third-order valence-corrected chi connectivity index (χ3v) is 3.86. The van der Waals surface area contributed by atoms with E-state index in [1.807, 2.05) is 48.9 Å². The van der Waals surface area contributed by atoms with Crippen molar-refractivity contribution in [2.45, 2.75) is 0 Å². The fraction of sp³-hybridized carbons (Fsp3) is 0.0526. The number of ether oxygens (including phenoxy) is 1. The van der Waals surface area contributed by atoms with Crippen molar-refractivity contribution in [3.05, 3.63) is 73.2 Å². The fourth-order valence-corrected chi connectivity index (χ4v) is 2.65. The zero-order valence-electron chi connectivity index (χ0n) is 12.7. The molecule has 3 aromatic heterocycles. The highest BCUT2D eigenvalue weighted by Gasteiger charge is 2.07. The minimum absolute atomic E-state index is 0.613. The van der Waals surface area contributed by atoms with E-state index in [9.17, 15) is 0 Å². The summed E-state index contributed by atoms with van der Waals surface area (Å²) in [6.45, 7) is 0. The number of hydrogen-bond acceptors (Lipinski definition) is 3. The van der Waals surface area contributed by atoms with Gasteiger partial charge in [-0.1, -0.05) is 30.3 Å². The van der Waals surface area contributed by atoms with Gasteiger partial charge in [-0.3, -0.25) is 4.40 Å². The number of imidazole rings is 1. The van der Waals surface area contributed by atoms with Crippen molar-refractivity contribution in [2.24, 2.45) is 0 Å². The van der Waals surface area contributed by atoms with Crippen LogP contribution < -0.4 is 4.74 Å². The molecule has 0 fully saturated rings. The van der Waals surface area contributed by atoms with Gasteiger partial charge < -0.3 is 4.74 Å². The van der Waals surface area contributed by atoms with Crippen LogP contribution >= 0.6 is 0 Å². The lowest BCUT2D eigenvalue weighted by Gasteiger charge is -2.05. The van der Waals surface area contributed by atoms with Gasteiger partial charge in [-0.05, 0) is 23.8 Å². The number of aromatic nitrogens is 3. The maximum Gasteiger partial charge on any atom is 0.212 e. The minimum Gasteiger partial charge on any atom is -0.481 e. The lowest BCUT2D eigenvalue weighted by Crippen LogP contribution is -1.90. The molecule has 23 heavy (non-hydrogen) atoms. The Morgan fingerprint density at radius 1 is 0.826 bits per heavy atom. The summed E-state index contributed by atoms with van der Waals surface area (Å²) in [4.78, 5) is 8.79. The van der Waals surface area contributed by atoms with Crippen LogP contribution in [0.5, 0.6) is 5.88 Å². The van der Waals surface area contributed by atoms with Crippen molar-refractivity contribution in [1.82, 2.24) is 14.4 Å². The number of benzene rings is 1. The predicted molar refractivity (Wildman–Crippen MR) is 90.4 cm³/mol. The van der Waals surface area contributed by atoms with Gasteiger partial charge >= 0.3 is 0 Å². The summed E-state index contributed by atoms with van der Waals surface area (Å²) in [5.41, 5.74) is 5.27. The van der Waals surface area contributed by atoms with Crippen molar-refractivity contribution >= 4 is 5.65 Å². The minimum atomic E-state index is 0.613. The van der Waals surface area contributed by atoms with E-state index in [0.29, 0.717) is 5.88 Å². The molecule has 0 spiro atoms. The van der Waals surface area contributed by atoms with Gasteiger partial charge in [0.2, 0.25) is 5.88 Å². The Balaban J connectivity index is 1.77. The molecule has 0 N–H and O–H groups in total. The molecule has 3 heterocycles. The maximum absolute atomic E-state index is 5.10. The van der Waals surface area contributed by atoms with Crippen molar-refractivity contribution in [1.29, 1.82) is 0 Å². The van der Waals surface area contributed by atoms with Gasteiger partial charge in [0.1, 0.15) is 5.65 Å². The third kappa shape index (κ3) is 2.44. The smallest absolute Gasteiger partial charge is 0.212 e. The second kappa shape index (κ2) is 5.57. The lowest BCUT2D eigenvalue weighted by molar-refractivity contribution is 0.398. The van der Waals surface area contributed by atoms with Crippen LogP contribution in [0.3, 0.4) is 0 Å². The van der Waals surface area contributed by atoms with E-state index in [1.165, 1.54) is 0 Å². The molecule has 112 valence electrons. The number of nitrogens with zero attached hydrogens (tertiary/aromatic N) is 3. The van der Waals surface area contributed by atoms with E-state index in [1.54, 1.807) is 7.11 Å².